The van der Waals surface area contributed by atoms with E-state index in [1.54, 1.807) is 0 Å². The van der Waals surface area contributed by atoms with Crippen LogP contribution in [0.15, 0.2) is 30.9 Å². The molecule has 1 rings (SSSR count). The molecule has 5 N–H and O–H groups in total. The maximum absolute atomic E-state index is 10.9. The van der Waals surface area contributed by atoms with E-state index in [4.69, 9.17) is 15.9 Å². The average Bonchev–Trinajstić information content (AvgIpc) is 2.23. The molecule has 0 radical (unpaired) electrons. The van der Waals surface area contributed by atoms with E-state index in [1.807, 2.05) is 0 Å². The highest BCUT2D eigenvalue weighted by atomic mass is 16.4. The number of hydrogen-bond acceptors (Lipinski definition) is 4. The lowest BCUT2D eigenvalue weighted by molar-refractivity contribution is -0.141. The van der Waals surface area contributed by atoms with E-state index >= 15 is 0 Å². The molecule has 0 bridgehead atoms. The van der Waals surface area contributed by atoms with Gasteiger partial charge in [0, 0.05) is 6.42 Å². The number of phenols is 2. The quantitative estimate of drug-likeness (QED) is 0.442. The predicted octanol–water partition coefficient (Wildman–Crippen LogP) is 0.608. The zero-order valence-electron chi connectivity index (χ0n) is 8.55. The molecule has 5 nitrogen and oxygen atoms in total. The molecule has 0 heterocycles. The first-order valence-corrected chi connectivity index (χ1v) is 4.56. The molecule has 5 heteroatoms. The highest BCUT2D eigenvalue weighted by Crippen LogP contribution is 2.26. The Morgan fingerprint density at radius 3 is 2.50 bits per heavy atom. The molecule has 0 saturated carbocycles. The van der Waals surface area contributed by atoms with Gasteiger partial charge in [-0.05, 0) is 17.7 Å². The molecule has 0 aliphatic carbocycles. The van der Waals surface area contributed by atoms with Gasteiger partial charge in [-0.15, -0.1) is 6.58 Å². The zero-order valence-corrected chi connectivity index (χ0v) is 8.55. The van der Waals surface area contributed by atoms with Crippen LogP contribution in [0.3, 0.4) is 0 Å². The highest BCUT2D eigenvalue weighted by Gasteiger charge is 2.30. The lowest BCUT2D eigenvalue weighted by Gasteiger charge is -2.20. The van der Waals surface area contributed by atoms with Crippen molar-refractivity contribution in [3.63, 3.8) is 0 Å². The molecule has 0 aromatic heterocycles. The fourth-order valence-electron chi connectivity index (χ4n) is 1.25. The monoisotopic (exact) mass is 223 g/mol. The number of carboxylic acid groups (broad SMARTS) is 1. The molecule has 0 fully saturated rings. The Morgan fingerprint density at radius 1 is 1.44 bits per heavy atom. The van der Waals surface area contributed by atoms with Crippen molar-refractivity contribution in [3.8, 4) is 11.5 Å². The third-order valence-electron chi connectivity index (χ3n) is 2.30. The Kier molecular flexibility index (Phi) is 3.20. The van der Waals surface area contributed by atoms with Crippen molar-refractivity contribution < 1.29 is 20.1 Å². The minimum Gasteiger partial charge on any atom is -0.504 e. The summed E-state index contributed by atoms with van der Waals surface area (Å²) in [6, 6.07) is 4.03. The first-order chi connectivity index (χ1) is 7.39. The molecule has 1 atom stereocenters. The summed E-state index contributed by atoms with van der Waals surface area (Å²) in [7, 11) is 0. The first kappa shape index (κ1) is 12.1. The third-order valence-corrected chi connectivity index (χ3v) is 2.30. The molecule has 16 heavy (non-hydrogen) atoms. The normalized spacial score (nSPS) is 14.1. The molecule has 0 amide bonds. The second kappa shape index (κ2) is 4.24. The third kappa shape index (κ3) is 2.32. The zero-order chi connectivity index (χ0) is 12.3. The maximum atomic E-state index is 10.9. The Bertz CT molecular complexity index is 430. The minimum absolute atomic E-state index is 0.0142. The number of aromatic hydroxyl groups is 2. The smallest absolute Gasteiger partial charge is 0.328 e. The molecular formula is C11H13NO4. The summed E-state index contributed by atoms with van der Waals surface area (Å²) in [5, 5.41) is 27.2. The van der Waals surface area contributed by atoms with Gasteiger partial charge in [-0.1, -0.05) is 12.1 Å². The van der Waals surface area contributed by atoms with Crippen LogP contribution in [0.25, 0.3) is 0 Å². The Balaban J connectivity index is 2.99. The van der Waals surface area contributed by atoms with Crippen LogP contribution in [0.4, 0.5) is 0 Å². The molecule has 0 saturated heterocycles. The predicted molar refractivity (Wildman–Crippen MR) is 58.2 cm³/mol. The van der Waals surface area contributed by atoms with Gasteiger partial charge < -0.3 is 21.1 Å². The number of carbonyl (C=O) groups is 1. The van der Waals surface area contributed by atoms with Crippen molar-refractivity contribution in [2.24, 2.45) is 5.73 Å². The maximum Gasteiger partial charge on any atom is 0.328 e. The Morgan fingerprint density at radius 2 is 2.06 bits per heavy atom. The standard InChI is InChI=1S/C11H13NO4/c1-2-11(12,10(15)16)6-7-3-4-8(13)9(14)5-7/h2-5,13-14H,1,6,12H2,(H,15,16)/t11-/m1/s1. The molecule has 0 aliphatic heterocycles. The number of aliphatic carboxylic acids is 1. The van der Waals surface area contributed by atoms with E-state index in [0.717, 1.165) is 6.08 Å². The van der Waals surface area contributed by atoms with Crippen LogP contribution in [0.2, 0.25) is 0 Å². The molecule has 0 unspecified atom stereocenters. The summed E-state index contributed by atoms with van der Waals surface area (Å²) >= 11 is 0. The fraction of sp³-hybridized carbons (Fsp3) is 0.182. The number of rotatable bonds is 4. The first-order valence-electron chi connectivity index (χ1n) is 4.56. The van der Waals surface area contributed by atoms with E-state index in [2.05, 4.69) is 6.58 Å². The second-order valence-electron chi connectivity index (χ2n) is 3.55. The van der Waals surface area contributed by atoms with Crippen LogP contribution in [0.1, 0.15) is 5.56 Å². The topological polar surface area (TPSA) is 104 Å². The number of hydrogen-bond donors (Lipinski definition) is 4. The van der Waals surface area contributed by atoms with Crippen molar-refractivity contribution in [2.75, 3.05) is 0 Å². The van der Waals surface area contributed by atoms with Crippen molar-refractivity contribution in [1.29, 1.82) is 0 Å². The summed E-state index contributed by atoms with van der Waals surface area (Å²) < 4.78 is 0. The van der Waals surface area contributed by atoms with E-state index in [1.165, 1.54) is 18.2 Å². The molecule has 1 aromatic rings. The van der Waals surface area contributed by atoms with E-state index < -0.39 is 11.5 Å². The number of benzene rings is 1. The van der Waals surface area contributed by atoms with Gasteiger partial charge >= 0.3 is 5.97 Å². The Labute approximate surface area is 92.5 Å². The minimum atomic E-state index is -1.58. The van der Waals surface area contributed by atoms with Gasteiger partial charge in [0.05, 0.1) is 0 Å². The number of carboxylic acids is 1. The van der Waals surface area contributed by atoms with E-state index in [9.17, 15) is 9.90 Å². The van der Waals surface area contributed by atoms with Gasteiger partial charge in [-0.2, -0.15) is 0 Å². The lowest BCUT2D eigenvalue weighted by atomic mass is 9.92. The van der Waals surface area contributed by atoms with Crippen LogP contribution in [0, 0.1) is 0 Å². The fourth-order valence-corrected chi connectivity index (χ4v) is 1.25. The summed E-state index contributed by atoms with van der Waals surface area (Å²) in [5.74, 6) is -1.77. The summed E-state index contributed by atoms with van der Waals surface area (Å²) in [6.45, 7) is 3.37. The van der Waals surface area contributed by atoms with Crippen molar-refractivity contribution >= 4 is 5.97 Å². The van der Waals surface area contributed by atoms with E-state index in [-0.39, 0.29) is 17.9 Å². The van der Waals surface area contributed by atoms with Gasteiger partial charge in [0.15, 0.2) is 11.5 Å². The molecule has 0 aliphatic rings. The van der Waals surface area contributed by atoms with Gasteiger partial charge in [0.1, 0.15) is 5.54 Å². The van der Waals surface area contributed by atoms with Gasteiger partial charge in [-0.3, -0.25) is 0 Å². The molecule has 0 spiro atoms. The van der Waals surface area contributed by atoms with Crippen molar-refractivity contribution in [1.82, 2.24) is 0 Å². The van der Waals surface area contributed by atoms with Crippen molar-refractivity contribution in [3.05, 3.63) is 36.4 Å². The Hall–Kier alpha value is -2.01. The second-order valence-corrected chi connectivity index (χ2v) is 3.55. The summed E-state index contributed by atoms with van der Waals surface area (Å²) in [6.07, 6.45) is 1.12. The van der Waals surface area contributed by atoms with Crippen LogP contribution in [-0.2, 0) is 11.2 Å². The van der Waals surface area contributed by atoms with Gasteiger partial charge in [-0.25, -0.2) is 4.79 Å². The SMILES string of the molecule is C=C[C@@](N)(Cc1ccc(O)c(O)c1)C(=O)O. The molecule has 86 valence electrons. The highest BCUT2D eigenvalue weighted by molar-refractivity contribution is 5.81. The van der Waals surface area contributed by atoms with Crippen molar-refractivity contribution in [2.45, 2.75) is 12.0 Å². The largest absolute Gasteiger partial charge is 0.504 e. The van der Waals surface area contributed by atoms with Crippen LogP contribution < -0.4 is 5.73 Å². The van der Waals surface area contributed by atoms with Gasteiger partial charge in [0.2, 0.25) is 0 Å². The van der Waals surface area contributed by atoms with Gasteiger partial charge in [0.25, 0.3) is 0 Å². The van der Waals surface area contributed by atoms with Crippen LogP contribution >= 0.6 is 0 Å². The summed E-state index contributed by atoms with van der Waals surface area (Å²) in [4.78, 5) is 10.9. The lowest BCUT2D eigenvalue weighted by Crippen LogP contribution is -2.47. The number of nitrogens with two attached hydrogens (primary N) is 1. The average molecular weight is 223 g/mol. The molecular weight excluding hydrogens is 210 g/mol. The van der Waals surface area contributed by atoms with Crippen LogP contribution in [0.5, 0.6) is 11.5 Å². The van der Waals surface area contributed by atoms with E-state index in [0.29, 0.717) is 5.56 Å². The number of phenolic OH excluding ortho intramolecular Hbond substituents is 2. The van der Waals surface area contributed by atoms with Crippen LogP contribution in [-0.4, -0.2) is 26.8 Å². The summed E-state index contributed by atoms with van der Waals surface area (Å²) in [5.41, 5.74) is 4.52. The molecule has 1 aromatic carbocycles.